The lowest BCUT2D eigenvalue weighted by Gasteiger charge is -2.18. The third-order valence-corrected chi connectivity index (χ3v) is 2.37. The number of halogens is 5. The second-order valence-corrected chi connectivity index (χ2v) is 4.68. The molecule has 1 unspecified atom stereocenters. The van der Waals surface area contributed by atoms with Crippen LogP contribution in [0, 0.1) is 0 Å². The van der Waals surface area contributed by atoms with E-state index in [1.54, 1.807) is 0 Å². The molecule has 7 heteroatoms. The van der Waals surface area contributed by atoms with Crippen LogP contribution in [0.15, 0.2) is 0 Å². The summed E-state index contributed by atoms with van der Waals surface area (Å²) in [6.07, 6.45) is 0. The highest BCUT2D eigenvalue weighted by molar-refractivity contribution is 6.70. The topological polar surface area (TPSA) is 29.1 Å². The van der Waals surface area contributed by atoms with Crippen LogP contribution >= 0.6 is 58.0 Å². The van der Waals surface area contributed by atoms with Crippen LogP contribution in [-0.4, -0.2) is 21.1 Å². The van der Waals surface area contributed by atoms with E-state index in [2.05, 4.69) is 5.32 Å². The van der Waals surface area contributed by atoms with Crippen molar-refractivity contribution in [2.24, 2.45) is 0 Å². The molecule has 2 nitrogen and oxygen atoms in total. The molecule has 1 N–H and O–H groups in total. The Hall–Kier alpha value is 0.920. The Morgan fingerprint density at radius 1 is 1.45 bits per heavy atom. The van der Waals surface area contributed by atoms with Crippen LogP contribution in [-0.2, 0) is 4.79 Å². The molecule has 0 aromatic rings. The van der Waals surface area contributed by atoms with Crippen molar-refractivity contribution in [2.45, 2.75) is 9.29 Å². The minimum absolute atomic E-state index is 0.218. The molecule has 0 aliphatic carbocycles. The molecule has 0 spiro atoms. The van der Waals surface area contributed by atoms with Crippen LogP contribution in [0.3, 0.4) is 0 Å². The molecular weight excluding hydrogens is 255 g/mol. The zero-order valence-corrected chi connectivity index (χ0v) is 8.86. The average Bonchev–Trinajstić information content (AvgIpc) is 1.85. The summed E-state index contributed by atoms with van der Waals surface area (Å²) in [5.41, 5.74) is -1.07. The zero-order valence-electron chi connectivity index (χ0n) is 5.08. The van der Waals surface area contributed by atoms with Crippen LogP contribution in [0.25, 0.3) is 0 Å². The lowest BCUT2D eigenvalue weighted by molar-refractivity contribution is -0.118. The highest BCUT2D eigenvalue weighted by Gasteiger charge is 2.31. The molecular formula is C4H4Cl5NO. The van der Waals surface area contributed by atoms with E-state index >= 15 is 0 Å². The number of carbonyl (C=O) groups is 1. The smallest absolute Gasteiger partial charge is 0.236 e. The molecule has 0 rings (SSSR count). The molecule has 0 aliphatic heterocycles. The van der Waals surface area contributed by atoms with Crippen LogP contribution in [0.2, 0.25) is 0 Å². The Morgan fingerprint density at radius 3 is 2.18 bits per heavy atom. The van der Waals surface area contributed by atoms with Gasteiger partial charge in [-0.15, -0.1) is 11.6 Å². The largest absolute Gasteiger partial charge is 0.335 e. The van der Waals surface area contributed by atoms with E-state index in [0.29, 0.717) is 0 Å². The second kappa shape index (κ2) is 4.83. The summed E-state index contributed by atoms with van der Waals surface area (Å²) in [5, 5.41) is 2.17. The number of hydrogen-bond acceptors (Lipinski definition) is 1. The predicted octanol–water partition coefficient (Wildman–Crippen LogP) is 2.28. The molecule has 0 heterocycles. The van der Waals surface area contributed by atoms with Gasteiger partial charge in [0.25, 0.3) is 0 Å². The summed E-state index contributed by atoms with van der Waals surface area (Å²) >= 11 is 26.6. The molecule has 11 heavy (non-hydrogen) atoms. The van der Waals surface area contributed by atoms with Gasteiger partial charge in [0.1, 0.15) is 5.88 Å². The molecule has 0 aromatic carbocycles. The first-order valence-electron chi connectivity index (χ1n) is 2.44. The first-order valence-corrected chi connectivity index (χ1v) is 4.54. The Morgan fingerprint density at radius 2 is 1.91 bits per heavy atom. The van der Waals surface area contributed by atoms with E-state index in [9.17, 15) is 4.79 Å². The summed E-state index contributed by atoms with van der Waals surface area (Å²) in [6, 6.07) is 0. The van der Waals surface area contributed by atoms with Crippen molar-refractivity contribution in [3.8, 4) is 0 Å². The SMILES string of the molecule is O=C(CCl)NC(Cl)C(Cl)(Cl)Cl. The number of nitrogens with one attached hydrogen (secondary N) is 1. The van der Waals surface area contributed by atoms with Gasteiger partial charge in [0.15, 0.2) is 5.50 Å². The van der Waals surface area contributed by atoms with Crippen molar-refractivity contribution in [3.63, 3.8) is 0 Å². The van der Waals surface area contributed by atoms with Gasteiger partial charge < -0.3 is 5.32 Å². The number of carbonyl (C=O) groups excluding carboxylic acids is 1. The molecule has 1 atom stereocenters. The fraction of sp³-hybridized carbons (Fsp3) is 0.750. The normalized spacial score (nSPS) is 14.3. The Kier molecular flexibility index (Phi) is 5.23. The highest BCUT2D eigenvalue weighted by Crippen LogP contribution is 2.32. The van der Waals surface area contributed by atoms with Gasteiger partial charge in [0, 0.05) is 0 Å². The van der Waals surface area contributed by atoms with Gasteiger partial charge in [-0.05, 0) is 0 Å². The standard InChI is InChI=1S/C4H4Cl5NO/c5-1-2(11)10-3(6)4(7,8)9/h3H,1H2,(H,10,11). The van der Waals surface area contributed by atoms with E-state index < -0.39 is 15.2 Å². The van der Waals surface area contributed by atoms with Crippen LogP contribution < -0.4 is 5.32 Å². The Bertz CT molecular complexity index is 144. The minimum atomic E-state index is -1.72. The van der Waals surface area contributed by atoms with Crippen molar-refractivity contribution in [1.82, 2.24) is 5.32 Å². The number of alkyl halides is 5. The van der Waals surface area contributed by atoms with Crippen LogP contribution in [0.4, 0.5) is 0 Å². The fourth-order valence-corrected chi connectivity index (χ4v) is 0.624. The van der Waals surface area contributed by atoms with Gasteiger partial charge in [-0.2, -0.15) is 0 Å². The molecule has 0 saturated heterocycles. The van der Waals surface area contributed by atoms with Gasteiger partial charge in [-0.3, -0.25) is 4.79 Å². The quantitative estimate of drug-likeness (QED) is 0.598. The first-order chi connectivity index (χ1) is 4.88. The minimum Gasteiger partial charge on any atom is -0.335 e. The maximum absolute atomic E-state index is 10.6. The monoisotopic (exact) mass is 257 g/mol. The Balaban J connectivity index is 3.87. The lowest BCUT2D eigenvalue weighted by Crippen LogP contribution is -2.40. The molecule has 1 amide bonds. The maximum Gasteiger partial charge on any atom is 0.236 e. The summed E-state index contributed by atoms with van der Waals surface area (Å²) in [7, 11) is 0. The van der Waals surface area contributed by atoms with Gasteiger partial charge >= 0.3 is 0 Å². The van der Waals surface area contributed by atoms with Crippen LogP contribution in [0.1, 0.15) is 0 Å². The summed E-state index contributed by atoms with van der Waals surface area (Å²) in [5.74, 6) is -0.706. The van der Waals surface area contributed by atoms with E-state index in [1.807, 2.05) is 0 Å². The van der Waals surface area contributed by atoms with Crippen molar-refractivity contribution in [2.75, 3.05) is 5.88 Å². The molecule has 0 saturated carbocycles. The lowest BCUT2D eigenvalue weighted by atomic mass is 10.6. The van der Waals surface area contributed by atoms with E-state index in [1.165, 1.54) is 0 Å². The summed E-state index contributed by atoms with van der Waals surface area (Å²) in [6.45, 7) is 0. The molecule has 0 fully saturated rings. The first kappa shape index (κ1) is 11.9. The Labute approximate surface area is 89.1 Å². The second-order valence-electron chi connectivity index (χ2n) is 1.61. The van der Waals surface area contributed by atoms with Gasteiger partial charge in [0.2, 0.25) is 9.70 Å². The van der Waals surface area contributed by atoms with E-state index in [4.69, 9.17) is 58.0 Å². The maximum atomic E-state index is 10.6. The molecule has 0 aromatic heterocycles. The molecule has 0 aliphatic rings. The van der Waals surface area contributed by atoms with Crippen molar-refractivity contribution >= 4 is 63.9 Å². The third-order valence-electron chi connectivity index (χ3n) is 0.696. The van der Waals surface area contributed by atoms with Gasteiger partial charge in [-0.25, -0.2) is 0 Å². The molecule has 66 valence electrons. The highest BCUT2D eigenvalue weighted by atomic mass is 35.6. The van der Waals surface area contributed by atoms with Crippen molar-refractivity contribution in [3.05, 3.63) is 0 Å². The average molecular weight is 259 g/mol. The van der Waals surface area contributed by atoms with Crippen molar-refractivity contribution in [1.29, 1.82) is 0 Å². The molecule has 0 radical (unpaired) electrons. The van der Waals surface area contributed by atoms with E-state index in [-0.39, 0.29) is 5.88 Å². The van der Waals surface area contributed by atoms with E-state index in [0.717, 1.165) is 0 Å². The third kappa shape index (κ3) is 5.21. The number of hydrogen-bond donors (Lipinski definition) is 1. The fourth-order valence-electron chi connectivity index (χ4n) is 0.262. The van der Waals surface area contributed by atoms with Gasteiger partial charge in [-0.1, -0.05) is 46.4 Å². The van der Waals surface area contributed by atoms with Gasteiger partial charge in [0.05, 0.1) is 0 Å². The molecule has 0 bridgehead atoms. The summed E-state index contributed by atoms with van der Waals surface area (Å²) < 4.78 is -1.72. The van der Waals surface area contributed by atoms with Crippen LogP contribution in [0.5, 0.6) is 0 Å². The summed E-state index contributed by atoms with van der Waals surface area (Å²) in [4.78, 5) is 10.6. The number of amides is 1. The zero-order chi connectivity index (χ0) is 9.07. The number of rotatable bonds is 2. The van der Waals surface area contributed by atoms with Crippen molar-refractivity contribution < 1.29 is 4.79 Å². The predicted molar refractivity (Wildman–Crippen MR) is 48.8 cm³/mol.